The first-order chi connectivity index (χ1) is 14.5. The van der Waals surface area contributed by atoms with Gasteiger partial charge in [-0.05, 0) is 19.1 Å². The van der Waals surface area contributed by atoms with Crippen molar-refractivity contribution in [3.63, 3.8) is 0 Å². The van der Waals surface area contributed by atoms with E-state index in [4.69, 9.17) is 18.7 Å². The Morgan fingerprint density at radius 3 is 2.53 bits per heavy atom. The molecule has 4 rings (SSSR count). The first-order valence-electron chi connectivity index (χ1n) is 9.32. The lowest BCUT2D eigenvalue weighted by atomic mass is 10.1. The molecule has 0 saturated heterocycles. The van der Waals surface area contributed by atoms with Gasteiger partial charge in [0.2, 0.25) is 18.0 Å². The number of aromatic nitrogens is 1. The molecule has 2 aromatic carbocycles. The third kappa shape index (κ3) is 3.36. The normalized spacial score (nSPS) is 15.5. The van der Waals surface area contributed by atoms with Crippen LogP contribution >= 0.6 is 0 Å². The molecule has 2 heterocycles. The highest BCUT2D eigenvalue weighted by Gasteiger charge is 2.37. The summed E-state index contributed by atoms with van der Waals surface area (Å²) in [6, 6.07) is 14.9. The summed E-state index contributed by atoms with van der Waals surface area (Å²) in [5.74, 6) is 1.67. The van der Waals surface area contributed by atoms with E-state index in [0.29, 0.717) is 34.1 Å². The van der Waals surface area contributed by atoms with Gasteiger partial charge in [-0.15, -0.1) is 5.10 Å². The number of aryl methyl sites for hydroxylation is 1. The van der Waals surface area contributed by atoms with Gasteiger partial charge >= 0.3 is 0 Å². The fraction of sp³-hybridized carbons (Fsp3) is 0.227. The van der Waals surface area contributed by atoms with Crippen LogP contribution in [-0.4, -0.2) is 36.2 Å². The lowest BCUT2D eigenvalue weighted by Crippen LogP contribution is -2.25. The third-order valence-corrected chi connectivity index (χ3v) is 4.80. The average Bonchev–Trinajstić information content (AvgIpc) is 3.37. The van der Waals surface area contributed by atoms with Crippen LogP contribution in [0.2, 0.25) is 0 Å². The molecule has 1 aliphatic heterocycles. The van der Waals surface area contributed by atoms with Crippen molar-refractivity contribution in [3.05, 3.63) is 65.4 Å². The summed E-state index contributed by atoms with van der Waals surface area (Å²) in [5, 5.41) is 9.90. The number of benzene rings is 2. The minimum Gasteiger partial charge on any atom is -0.497 e. The third-order valence-electron chi connectivity index (χ3n) is 4.80. The number of carbonyl (C=O) groups is 1. The standard InChI is InChI=1S/C22H21N3O5/c1-13-19(20(24-30-13)15-8-6-5-7-9-15)21-23-25(14(2)26)22(29-21)17-11-10-16(27-3)12-18(17)28-4/h5-12,22H,1-4H3. The summed E-state index contributed by atoms with van der Waals surface area (Å²) >= 11 is 0. The van der Waals surface area contributed by atoms with Crippen LogP contribution in [0.1, 0.15) is 30.0 Å². The first kappa shape index (κ1) is 19.5. The number of nitrogens with zero attached hydrogens (tertiary/aromatic N) is 3. The van der Waals surface area contributed by atoms with Crippen LogP contribution in [0.25, 0.3) is 11.3 Å². The number of carbonyl (C=O) groups excluding carboxylic acids is 1. The van der Waals surface area contributed by atoms with E-state index in [-0.39, 0.29) is 11.8 Å². The molecule has 30 heavy (non-hydrogen) atoms. The Morgan fingerprint density at radius 1 is 1.10 bits per heavy atom. The smallest absolute Gasteiger partial charge is 0.247 e. The average molecular weight is 407 g/mol. The van der Waals surface area contributed by atoms with Crippen LogP contribution in [0.5, 0.6) is 11.5 Å². The summed E-state index contributed by atoms with van der Waals surface area (Å²) in [7, 11) is 3.12. The predicted molar refractivity (Wildman–Crippen MR) is 109 cm³/mol. The van der Waals surface area contributed by atoms with Crippen molar-refractivity contribution in [1.82, 2.24) is 10.2 Å². The van der Waals surface area contributed by atoms with E-state index < -0.39 is 6.23 Å². The molecule has 0 radical (unpaired) electrons. The Morgan fingerprint density at radius 2 is 1.87 bits per heavy atom. The monoisotopic (exact) mass is 407 g/mol. The summed E-state index contributed by atoms with van der Waals surface area (Å²) in [6.45, 7) is 3.21. The van der Waals surface area contributed by atoms with Crippen molar-refractivity contribution in [3.8, 4) is 22.8 Å². The quantitative estimate of drug-likeness (QED) is 0.637. The molecule has 0 saturated carbocycles. The molecule has 1 aromatic heterocycles. The van der Waals surface area contributed by atoms with Crippen molar-refractivity contribution in [2.75, 3.05) is 14.2 Å². The summed E-state index contributed by atoms with van der Waals surface area (Å²) in [4.78, 5) is 12.3. The van der Waals surface area contributed by atoms with Gasteiger partial charge in [-0.25, -0.2) is 0 Å². The molecule has 0 fully saturated rings. The van der Waals surface area contributed by atoms with Crippen LogP contribution < -0.4 is 9.47 Å². The zero-order valence-corrected chi connectivity index (χ0v) is 17.1. The molecule has 1 unspecified atom stereocenters. The van der Waals surface area contributed by atoms with Crippen molar-refractivity contribution < 1.29 is 23.5 Å². The van der Waals surface area contributed by atoms with E-state index in [1.807, 2.05) is 30.3 Å². The highest BCUT2D eigenvalue weighted by atomic mass is 16.5. The van der Waals surface area contributed by atoms with Crippen LogP contribution in [0, 0.1) is 6.92 Å². The fourth-order valence-electron chi connectivity index (χ4n) is 3.31. The summed E-state index contributed by atoms with van der Waals surface area (Å²) in [6.07, 6.45) is -0.795. The zero-order valence-electron chi connectivity index (χ0n) is 17.1. The van der Waals surface area contributed by atoms with Gasteiger partial charge in [0.15, 0.2) is 0 Å². The largest absolute Gasteiger partial charge is 0.497 e. The van der Waals surface area contributed by atoms with Gasteiger partial charge in [0.25, 0.3) is 0 Å². The minimum atomic E-state index is -0.795. The molecule has 0 bridgehead atoms. The Balaban J connectivity index is 1.77. The van der Waals surface area contributed by atoms with Crippen LogP contribution in [0.4, 0.5) is 0 Å². The number of methoxy groups -OCH3 is 2. The molecule has 0 N–H and O–H groups in total. The van der Waals surface area contributed by atoms with Gasteiger partial charge in [-0.3, -0.25) is 4.79 Å². The van der Waals surface area contributed by atoms with Gasteiger partial charge in [0.05, 0.1) is 19.8 Å². The van der Waals surface area contributed by atoms with E-state index in [2.05, 4.69) is 10.3 Å². The maximum Gasteiger partial charge on any atom is 0.247 e. The Kier molecular flexibility index (Phi) is 5.14. The van der Waals surface area contributed by atoms with E-state index in [1.165, 1.54) is 11.9 Å². The highest BCUT2D eigenvalue weighted by molar-refractivity contribution is 6.02. The van der Waals surface area contributed by atoms with Gasteiger partial charge < -0.3 is 18.7 Å². The van der Waals surface area contributed by atoms with Crippen molar-refractivity contribution in [1.29, 1.82) is 0 Å². The lowest BCUT2D eigenvalue weighted by molar-refractivity contribution is -0.135. The van der Waals surface area contributed by atoms with E-state index >= 15 is 0 Å². The first-order valence-corrected chi connectivity index (χ1v) is 9.32. The lowest BCUT2D eigenvalue weighted by Gasteiger charge is -2.21. The molecule has 8 nitrogen and oxygen atoms in total. The predicted octanol–water partition coefficient (Wildman–Crippen LogP) is 3.91. The maximum atomic E-state index is 12.3. The van der Waals surface area contributed by atoms with E-state index in [9.17, 15) is 4.79 Å². The fourth-order valence-corrected chi connectivity index (χ4v) is 3.31. The van der Waals surface area contributed by atoms with E-state index in [1.54, 1.807) is 39.3 Å². The number of ether oxygens (including phenoxy) is 3. The van der Waals surface area contributed by atoms with Crippen LogP contribution in [-0.2, 0) is 9.53 Å². The van der Waals surface area contributed by atoms with Gasteiger partial charge in [0.1, 0.15) is 28.5 Å². The molecule has 8 heteroatoms. The van der Waals surface area contributed by atoms with Gasteiger partial charge in [-0.2, -0.15) is 5.01 Å². The number of hydrogen-bond donors (Lipinski definition) is 0. The molecule has 1 atom stereocenters. The minimum absolute atomic E-state index is 0.255. The number of hydrazone groups is 1. The Labute approximate surface area is 173 Å². The second-order valence-corrected chi connectivity index (χ2v) is 6.68. The van der Waals surface area contributed by atoms with Crippen molar-refractivity contribution >= 4 is 11.8 Å². The topological polar surface area (TPSA) is 86.4 Å². The molecular formula is C22H21N3O5. The Hall–Kier alpha value is -3.81. The van der Waals surface area contributed by atoms with Crippen LogP contribution in [0.3, 0.4) is 0 Å². The molecule has 154 valence electrons. The van der Waals surface area contributed by atoms with E-state index in [0.717, 1.165) is 5.56 Å². The SMILES string of the molecule is COc1ccc(C2OC(c3c(-c4ccccc4)noc3C)=NN2C(C)=O)c(OC)c1. The molecule has 0 spiro atoms. The molecule has 0 aliphatic carbocycles. The summed E-state index contributed by atoms with van der Waals surface area (Å²) in [5.41, 5.74) is 2.69. The second-order valence-electron chi connectivity index (χ2n) is 6.68. The summed E-state index contributed by atoms with van der Waals surface area (Å²) < 4.78 is 22.3. The van der Waals surface area contributed by atoms with Crippen molar-refractivity contribution in [2.45, 2.75) is 20.1 Å². The molecule has 1 aliphatic rings. The van der Waals surface area contributed by atoms with Gasteiger partial charge in [0, 0.05) is 18.6 Å². The Bertz CT molecular complexity index is 1110. The van der Waals surface area contributed by atoms with Crippen LogP contribution in [0.15, 0.2) is 58.2 Å². The maximum absolute atomic E-state index is 12.3. The number of hydrogen-bond acceptors (Lipinski definition) is 7. The molecular weight excluding hydrogens is 386 g/mol. The van der Waals surface area contributed by atoms with Crippen molar-refractivity contribution in [2.24, 2.45) is 5.10 Å². The molecule has 3 aromatic rings. The highest BCUT2D eigenvalue weighted by Crippen LogP contribution is 2.39. The number of rotatable bonds is 5. The van der Waals surface area contributed by atoms with Gasteiger partial charge in [-0.1, -0.05) is 35.5 Å². The second kappa shape index (κ2) is 7.90. The molecule has 1 amide bonds. The number of amides is 1. The zero-order chi connectivity index (χ0) is 21.3.